The summed E-state index contributed by atoms with van der Waals surface area (Å²) in [4.78, 5) is 7.09. The Morgan fingerprint density at radius 3 is 1.26 bits per heavy atom. The molecule has 15 unspecified atom stereocenters. The smallest absolute Gasteiger partial charge is 0.0163 e. The van der Waals surface area contributed by atoms with Gasteiger partial charge in [-0.15, -0.1) is 0 Å². The van der Waals surface area contributed by atoms with Gasteiger partial charge in [-0.2, -0.15) is 0 Å². The summed E-state index contributed by atoms with van der Waals surface area (Å²) in [5.74, 6) is 12.8. The van der Waals surface area contributed by atoms with E-state index in [4.69, 9.17) is 0 Å². The van der Waals surface area contributed by atoms with Crippen molar-refractivity contribution >= 4 is 0 Å². The molecule has 0 aliphatic heterocycles. The molecule has 2 nitrogen and oxygen atoms in total. The summed E-state index contributed by atoms with van der Waals surface area (Å²) in [5.41, 5.74) is 0. The number of hydrogen-bond acceptors (Lipinski definition) is 2. The van der Waals surface area contributed by atoms with E-state index in [1.165, 1.54) is 38.5 Å². The molecule has 11 fully saturated rings. The lowest BCUT2D eigenvalue weighted by molar-refractivity contribution is -0.166. The Balaban J connectivity index is 0.929. The van der Waals surface area contributed by atoms with Crippen molar-refractivity contribution in [3.05, 3.63) is 0 Å². The zero-order valence-electron chi connectivity index (χ0n) is 35.3. The maximum atomic E-state index is 3.59. The number of nitrogens with zero attached hydrogens (tertiary/aromatic N) is 2. The van der Waals surface area contributed by atoms with Crippen LogP contribution < -0.4 is 0 Å². The van der Waals surface area contributed by atoms with Crippen LogP contribution in [0.3, 0.4) is 0 Å². The first-order valence-corrected chi connectivity index (χ1v) is 26.4. The quantitative estimate of drug-likeness (QED) is 0.268. The number of hydrogen-bond donors (Lipinski definition) is 0. The molecule has 2 heteroatoms. The molecule has 11 aliphatic rings. The highest BCUT2D eigenvalue weighted by Gasteiger charge is 2.60. The molecule has 0 amide bonds. The van der Waals surface area contributed by atoms with E-state index in [2.05, 4.69) is 9.80 Å². The highest BCUT2D eigenvalue weighted by molar-refractivity contribution is 5.12. The summed E-state index contributed by atoms with van der Waals surface area (Å²) in [6, 6.07) is 5.66. The van der Waals surface area contributed by atoms with E-state index in [1.807, 2.05) is 0 Å². The van der Waals surface area contributed by atoms with E-state index in [0.717, 1.165) is 107 Å². The molecule has 15 atom stereocenters. The molecule has 0 aromatic rings. The Kier molecular flexibility index (Phi) is 11.1. The van der Waals surface area contributed by atoms with Gasteiger partial charge in [0.15, 0.2) is 0 Å². The van der Waals surface area contributed by atoms with Gasteiger partial charge in [-0.05, 0) is 180 Å². The molecule has 11 saturated carbocycles. The molecule has 0 spiro atoms. The molecule has 0 heterocycles. The van der Waals surface area contributed by atoms with Crippen LogP contribution in [0.4, 0.5) is 0 Å². The standard InChI is InChI=1S/C52H86N2/c1-3-18-40(19-4-1)53(47-25-13-17-35-14-7-10-22-42(35)47)48-32-28-36-27-31-46-49(33-29-37-26-30-45(48)50(36)51(37)46)54(41-20-5-2-6-21-41)52-43-23-11-8-15-38(43)34-39-16-9-12-24-44(39)52/h35-52H,1-34H2. The van der Waals surface area contributed by atoms with E-state index in [0.29, 0.717) is 0 Å². The van der Waals surface area contributed by atoms with Crippen LogP contribution in [0, 0.1) is 71.0 Å². The second-order valence-electron chi connectivity index (χ2n) is 23.3. The van der Waals surface area contributed by atoms with Crippen molar-refractivity contribution in [1.82, 2.24) is 9.80 Å². The summed E-state index contributed by atoms with van der Waals surface area (Å²) in [6.07, 6.45) is 53.4. The fourth-order valence-corrected chi connectivity index (χ4v) is 19.7. The Morgan fingerprint density at radius 1 is 0.241 bits per heavy atom. The largest absolute Gasteiger partial charge is 0.294 e. The van der Waals surface area contributed by atoms with Gasteiger partial charge < -0.3 is 0 Å². The average molecular weight is 739 g/mol. The molecule has 0 bridgehead atoms. The van der Waals surface area contributed by atoms with Crippen molar-refractivity contribution in [3.63, 3.8) is 0 Å². The van der Waals surface area contributed by atoms with E-state index < -0.39 is 0 Å². The van der Waals surface area contributed by atoms with Crippen LogP contribution in [0.25, 0.3) is 0 Å². The van der Waals surface area contributed by atoms with E-state index in [9.17, 15) is 0 Å². The lowest BCUT2D eigenvalue weighted by Gasteiger charge is -2.66. The van der Waals surface area contributed by atoms with E-state index in [1.54, 1.807) is 180 Å². The Hall–Kier alpha value is -0.0800. The Labute approximate surface area is 334 Å². The van der Waals surface area contributed by atoms with Gasteiger partial charge >= 0.3 is 0 Å². The molecule has 0 saturated heterocycles. The first kappa shape index (κ1) is 37.0. The van der Waals surface area contributed by atoms with Gasteiger partial charge in [0.05, 0.1) is 0 Å². The molecule has 304 valence electrons. The minimum atomic E-state index is 0.932. The monoisotopic (exact) mass is 739 g/mol. The SMILES string of the molecule is C1CCC(N(C2CCCC3CCCCC32)C2CCC3CCC4C5C(CCC2C35)CCC4N(C2CCCCC2)C2C3CCCCC3CC3CCCCC32)CC1. The summed E-state index contributed by atoms with van der Waals surface area (Å²) in [7, 11) is 0. The van der Waals surface area contributed by atoms with Crippen LogP contribution >= 0.6 is 0 Å². The first-order chi connectivity index (χ1) is 26.8. The van der Waals surface area contributed by atoms with Gasteiger partial charge in [0, 0.05) is 36.3 Å². The van der Waals surface area contributed by atoms with Crippen molar-refractivity contribution in [2.45, 2.75) is 255 Å². The predicted molar refractivity (Wildman–Crippen MR) is 225 cm³/mol. The highest BCUT2D eigenvalue weighted by Crippen LogP contribution is 2.63. The van der Waals surface area contributed by atoms with Gasteiger partial charge in [-0.25, -0.2) is 0 Å². The molecule has 11 rings (SSSR count). The molecule has 0 radical (unpaired) electrons. The van der Waals surface area contributed by atoms with Crippen LogP contribution in [0.2, 0.25) is 0 Å². The van der Waals surface area contributed by atoms with Crippen LogP contribution in [0.5, 0.6) is 0 Å². The van der Waals surface area contributed by atoms with Gasteiger partial charge in [0.1, 0.15) is 0 Å². The number of fused-ring (bicyclic) bond motifs is 3. The zero-order valence-corrected chi connectivity index (χ0v) is 35.3. The summed E-state index contributed by atoms with van der Waals surface area (Å²) < 4.78 is 0. The highest BCUT2D eigenvalue weighted by atomic mass is 15.2. The third-order valence-corrected chi connectivity index (χ3v) is 21.4. The number of rotatable bonds is 6. The fraction of sp³-hybridized carbons (Fsp3) is 1.00. The van der Waals surface area contributed by atoms with Gasteiger partial charge in [0.2, 0.25) is 0 Å². The first-order valence-electron chi connectivity index (χ1n) is 26.4. The molecule has 0 aromatic carbocycles. The summed E-state index contributed by atoms with van der Waals surface area (Å²) in [5, 5.41) is 0. The van der Waals surface area contributed by atoms with Crippen LogP contribution in [-0.2, 0) is 0 Å². The lowest BCUT2D eigenvalue weighted by atomic mass is 9.46. The van der Waals surface area contributed by atoms with Gasteiger partial charge in [0.25, 0.3) is 0 Å². The minimum Gasteiger partial charge on any atom is -0.294 e. The van der Waals surface area contributed by atoms with E-state index >= 15 is 0 Å². The molecule has 11 aliphatic carbocycles. The maximum absolute atomic E-state index is 3.59. The average Bonchev–Trinajstić information content (AvgIpc) is 3.24. The molecule has 0 N–H and O–H groups in total. The molecular weight excluding hydrogens is 653 g/mol. The Morgan fingerprint density at radius 2 is 0.667 bits per heavy atom. The van der Waals surface area contributed by atoms with Crippen LogP contribution in [0.15, 0.2) is 0 Å². The van der Waals surface area contributed by atoms with Crippen molar-refractivity contribution in [3.8, 4) is 0 Å². The molecule has 54 heavy (non-hydrogen) atoms. The van der Waals surface area contributed by atoms with Crippen molar-refractivity contribution < 1.29 is 0 Å². The van der Waals surface area contributed by atoms with Crippen molar-refractivity contribution in [2.24, 2.45) is 71.0 Å². The second kappa shape index (κ2) is 16.2. The predicted octanol–water partition coefficient (Wildman–Crippen LogP) is 13.6. The van der Waals surface area contributed by atoms with Crippen molar-refractivity contribution in [1.29, 1.82) is 0 Å². The third-order valence-electron chi connectivity index (χ3n) is 21.4. The maximum Gasteiger partial charge on any atom is 0.0163 e. The minimum absolute atomic E-state index is 0.932. The molecule has 0 aromatic heterocycles. The second-order valence-corrected chi connectivity index (χ2v) is 23.3. The van der Waals surface area contributed by atoms with Gasteiger partial charge in [-0.3, -0.25) is 9.80 Å². The lowest BCUT2D eigenvalue weighted by Crippen LogP contribution is -2.67. The topological polar surface area (TPSA) is 6.48 Å². The van der Waals surface area contributed by atoms with Crippen molar-refractivity contribution in [2.75, 3.05) is 0 Å². The zero-order chi connectivity index (χ0) is 35.6. The summed E-state index contributed by atoms with van der Waals surface area (Å²) >= 11 is 0. The van der Waals surface area contributed by atoms with Gasteiger partial charge in [-0.1, -0.05) is 109 Å². The molecular formula is C52H86N2. The normalized spacial score (nSPS) is 50.1. The third kappa shape index (κ3) is 6.59. The summed E-state index contributed by atoms with van der Waals surface area (Å²) in [6.45, 7) is 0. The van der Waals surface area contributed by atoms with Crippen LogP contribution in [0.1, 0.15) is 218 Å². The van der Waals surface area contributed by atoms with E-state index in [-0.39, 0.29) is 0 Å². The van der Waals surface area contributed by atoms with Crippen LogP contribution in [-0.4, -0.2) is 46.1 Å². The Bertz CT molecular complexity index is 1210. The fourth-order valence-electron chi connectivity index (χ4n) is 19.7.